The van der Waals surface area contributed by atoms with Crippen LogP contribution in [-0.2, 0) is 4.74 Å². The first-order valence-corrected chi connectivity index (χ1v) is 5.93. The second kappa shape index (κ2) is 2.13. The van der Waals surface area contributed by atoms with E-state index in [2.05, 4.69) is 13.8 Å². The van der Waals surface area contributed by atoms with E-state index in [1.807, 2.05) is 0 Å². The summed E-state index contributed by atoms with van der Waals surface area (Å²) in [6.07, 6.45) is 9.67. The van der Waals surface area contributed by atoms with Crippen molar-refractivity contribution in [2.75, 3.05) is 0 Å². The van der Waals surface area contributed by atoms with Gasteiger partial charge in [0.1, 0.15) is 11.2 Å². The van der Waals surface area contributed by atoms with E-state index in [1.165, 1.54) is 44.9 Å². The highest BCUT2D eigenvalue weighted by Crippen LogP contribution is 2.88. The zero-order valence-electron chi connectivity index (χ0n) is 8.86. The molecule has 2 aliphatic carbocycles. The van der Waals surface area contributed by atoms with Crippen LogP contribution < -0.4 is 0 Å². The lowest BCUT2D eigenvalue weighted by molar-refractivity contribution is 0.0285. The Morgan fingerprint density at radius 3 is 2.00 bits per heavy atom. The van der Waals surface area contributed by atoms with E-state index in [1.54, 1.807) is 0 Å². The molecule has 3 rings (SSSR count). The average molecular weight is 180 g/mol. The van der Waals surface area contributed by atoms with E-state index in [0.717, 1.165) is 0 Å². The molecule has 74 valence electrons. The van der Waals surface area contributed by atoms with Gasteiger partial charge in [-0.2, -0.15) is 0 Å². The van der Waals surface area contributed by atoms with Crippen LogP contribution in [0.3, 0.4) is 0 Å². The maximum Gasteiger partial charge on any atom is 0.107 e. The molecule has 0 bridgehead atoms. The minimum atomic E-state index is 0.370. The van der Waals surface area contributed by atoms with Crippen LogP contribution in [0.4, 0.5) is 0 Å². The molecule has 0 aromatic rings. The molecular formula is C12H20O. The van der Waals surface area contributed by atoms with Crippen molar-refractivity contribution in [2.24, 2.45) is 5.41 Å². The predicted molar refractivity (Wildman–Crippen MR) is 52.6 cm³/mol. The van der Waals surface area contributed by atoms with E-state index >= 15 is 0 Å². The largest absolute Gasteiger partial charge is 0.361 e. The van der Waals surface area contributed by atoms with Crippen LogP contribution in [0, 0.1) is 5.41 Å². The normalized spacial score (nSPS) is 58.6. The summed E-state index contributed by atoms with van der Waals surface area (Å²) in [5.41, 5.74) is 1.30. The van der Waals surface area contributed by atoms with Crippen LogP contribution >= 0.6 is 0 Å². The topological polar surface area (TPSA) is 12.5 Å². The summed E-state index contributed by atoms with van der Waals surface area (Å²) in [4.78, 5) is 0. The Balaban J connectivity index is 1.85. The molecule has 0 radical (unpaired) electrons. The smallest absolute Gasteiger partial charge is 0.107 e. The number of epoxide rings is 1. The van der Waals surface area contributed by atoms with Gasteiger partial charge in [-0.3, -0.25) is 0 Å². The van der Waals surface area contributed by atoms with E-state index in [9.17, 15) is 0 Å². The molecule has 3 fully saturated rings. The van der Waals surface area contributed by atoms with Gasteiger partial charge in [0.15, 0.2) is 0 Å². The van der Waals surface area contributed by atoms with Crippen molar-refractivity contribution in [3.05, 3.63) is 0 Å². The van der Waals surface area contributed by atoms with Crippen LogP contribution in [0.25, 0.3) is 0 Å². The first kappa shape index (κ1) is 8.28. The van der Waals surface area contributed by atoms with Gasteiger partial charge in [-0.25, -0.2) is 0 Å². The van der Waals surface area contributed by atoms with Crippen molar-refractivity contribution in [1.82, 2.24) is 0 Å². The zero-order chi connectivity index (χ0) is 9.16. The Morgan fingerprint density at radius 2 is 1.54 bits per heavy atom. The molecular weight excluding hydrogens is 160 g/mol. The predicted octanol–water partition coefficient (Wildman–Crippen LogP) is 3.28. The minimum absolute atomic E-state index is 0.370. The Morgan fingerprint density at radius 1 is 1.00 bits per heavy atom. The van der Waals surface area contributed by atoms with E-state index in [-0.39, 0.29) is 0 Å². The van der Waals surface area contributed by atoms with Gasteiger partial charge < -0.3 is 4.74 Å². The van der Waals surface area contributed by atoms with Crippen LogP contribution in [0.1, 0.15) is 58.8 Å². The van der Waals surface area contributed by atoms with Crippen LogP contribution in [0.5, 0.6) is 0 Å². The second-order valence-electron chi connectivity index (χ2n) is 5.36. The third kappa shape index (κ3) is 0.643. The highest BCUT2D eigenvalue weighted by molar-refractivity contribution is 5.46. The van der Waals surface area contributed by atoms with Crippen LogP contribution in [0.15, 0.2) is 0 Å². The summed E-state index contributed by atoms with van der Waals surface area (Å²) < 4.78 is 6.01. The quantitative estimate of drug-likeness (QED) is 0.564. The summed E-state index contributed by atoms with van der Waals surface area (Å²) in [7, 11) is 0. The number of ether oxygens (including phenoxy) is 1. The number of rotatable bonds is 1. The van der Waals surface area contributed by atoms with Crippen molar-refractivity contribution in [3.8, 4) is 0 Å². The van der Waals surface area contributed by atoms with Gasteiger partial charge in [-0.15, -0.1) is 0 Å². The first-order chi connectivity index (χ1) is 6.22. The Hall–Kier alpha value is -0.0400. The fourth-order valence-corrected chi connectivity index (χ4v) is 4.06. The molecule has 0 spiro atoms. The monoisotopic (exact) mass is 180 g/mol. The lowest BCUT2D eigenvalue weighted by Gasteiger charge is -2.22. The van der Waals surface area contributed by atoms with Gasteiger partial charge in [-0.1, -0.05) is 39.5 Å². The summed E-state index contributed by atoms with van der Waals surface area (Å²) in [5.74, 6) is 0. The van der Waals surface area contributed by atoms with Gasteiger partial charge in [0.05, 0.1) is 0 Å². The van der Waals surface area contributed by atoms with Gasteiger partial charge in [0, 0.05) is 5.41 Å². The van der Waals surface area contributed by atoms with E-state index in [4.69, 9.17) is 4.74 Å². The van der Waals surface area contributed by atoms with Crippen LogP contribution in [-0.4, -0.2) is 11.2 Å². The maximum atomic E-state index is 6.01. The molecule has 13 heavy (non-hydrogen) atoms. The molecule has 2 atom stereocenters. The minimum Gasteiger partial charge on any atom is -0.361 e. The summed E-state index contributed by atoms with van der Waals surface area (Å²) in [5, 5.41) is 0. The van der Waals surface area contributed by atoms with Gasteiger partial charge in [0.2, 0.25) is 0 Å². The maximum absolute atomic E-state index is 6.01. The molecule has 1 aliphatic heterocycles. The second-order valence-corrected chi connectivity index (χ2v) is 5.36. The molecule has 1 nitrogen and oxygen atoms in total. The number of hydrogen-bond donors (Lipinski definition) is 0. The number of hydrogen-bond acceptors (Lipinski definition) is 1. The highest BCUT2D eigenvalue weighted by atomic mass is 16.7. The van der Waals surface area contributed by atoms with Crippen molar-refractivity contribution < 1.29 is 4.74 Å². The highest BCUT2D eigenvalue weighted by Gasteiger charge is 2.98. The molecule has 1 saturated heterocycles. The average Bonchev–Trinajstić information content (AvgIpc) is 2.86. The Bertz CT molecular complexity index is 228. The molecule has 1 heterocycles. The fourth-order valence-electron chi connectivity index (χ4n) is 4.06. The SMILES string of the molecule is CCC1(C)C23CCCCCCC12O3. The van der Waals surface area contributed by atoms with Gasteiger partial charge >= 0.3 is 0 Å². The van der Waals surface area contributed by atoms with Crippen molar-refractivity contribution in [3.63, 3.8) is 0 Å². The first-order valence-electron chi connectivity index (χ1n) is 5.93. The summed E-state index contributed by atoms with van der Waals surface area (Å²) in [6, 6.07) is 0. The van der Waals surface area contributed by atoms with Crippen molar-refractivity contribution in [2.45, 2.75) is 70.0 Å². The third-order valence-corrected chi connectivity index (χ3v) is 5.19. The molecule has 0 N–H and O–H groups in total. The molecule has 0 aromatic carbocycles. The van der Waals surface area contributed by atoms with Crippen molar-refractivity contribution >= 4 is 0 Å². The molecule has 3 aliphatic rings. The Kier molecular flexibility index (Phi) is 1.36. The lowest BCUT2D eigenvalue weighted by Crippen LogP contribution is -2.22. The van der Waals surface area contributed by atoms with Crippen LogP contribution in [0.2, 0.25) is 0 Å². The standard InChI is InChI=1S/C12H20O/c1-3-10(2)11-8-6-4-5-7-9-12(10,11)13-11/h3-9H2,1-2H3. The van der Waals surface area contributed by atoms with Crippen molar-refractivity contribution in [1.29, 1.82) is 0 Å². The Labute approximate surface area is 80.8 Å². The third-order valence-electron chi connectivity index (χ3n) is 5.19. The molecule has 1 heteroatoms. The summed E-state index contributed by atoms with van der Waals surface area (Å²) in [6.45, 7) is 4.78. The van der Waals surface area contributed by atoms with Gasteiger partial charge in [0.25, 0.3) is 0 Å². The molecule has 2 saturated carbocycles. The van der Waals surface area contributed by atoms with E-state index in [0.29, 0.717) is 16.6 Å². The zero-order valence-corrected chi connectivity index (χ0v) is 8.86. The van der Waals surface area contributed by atoms with Gasteiger partial charge in [-0.05, 0) is 19.3 Å². The molecule has 0 amide bonds. The molecule has 2 unspecified atom stereocenters. The molecule has 0 aromatic heterocycles. The fraction of sp³-hybridized carbons (Fsp3) is 1.00. The van der Waals surface area contributed by atoms with E-state index < -0.39 is 0 Å². The summed E-state index contributed by atoms with van der Waals surface area (Å²) >= 11 is 0. The lowest BCUT2D eigenvalue weighted by atomic mass is 9.94.